The van der Waals surface area contributed by atoms with E-state index in [1.54, 1.807) is 0 Å². The average molecular weight is 409 g/mol. The van der Waals surface area contributed by atoms with Gasteiger partial charge in [-0.3, -0.25) is 9.59 Å². The van der Waals surface area contributed by atoms with Crippen LogP contribution in [-0.2, 0) is 14.3 Å². The SMILES string of the molecule is CCCCCCCCCCCCCC/C=C/COC(=O)C1CCCCC1C(=O)O. The minimum Gasteiger partial charge on any atom is -0.481 e. The molecule has 1 N–H and O–H groups in total. The number of rotatable bonds is 17. The third kappa shape index (κ3) is 12.8. The zero-order valence-corrected chi connectivity index (χ0v) is 18.7. The van der Waals surface area contributed by atoms with Crippen LogP contribution in [0.5, 0.6) is 0 Å². The number of carbonyl (C=O) groups is 2. The average Bonchev–Trinajstić information content (AvgIpc) is 2.73. The largest absolute Gasteiger partial charge is 0.481 e. The summed E-state index contributed by atoms with van der Waals surface area (Å²) < 4.78 is 5.29. The van der Waals surface area contributed by atoms with Crippen LogP contribution in [0.2, 0.25) is 0 Å². The van der Waals surface area contributed by atoms with Crippen molar-refractivity contribution in [3.63, 3.8) is 0 Å². The van der Waals surface area contributed by atoms with Crippen molar-refractivity contribution >= 4 is 11.9 Å². The van der Waals surface area contributed by atoms with Gasteiger partial charge in [-0.1, -0.05) is 103 Å². The molecule has 1 aliphatic rings. The maximum absolute atomic E-state index is 12.1. The first kappa shape index (κ1) is 25.7. The fourth-order valence-corrected chi connectivity index (χ4v) is 4.23. The van der Waals surface area contributed by atoms with Gasteiger partial charge in [0.15, 0.2) is 0 Å². The zero-order chi connectivity index (χ0) is 21.2. The first-order chi connectivity index (χ1) is 14.2. The van der Waals surface area contributed by atoms with E-state index >= 15 is 0 Å². The number of carboxylic acid groups (broad SMARTS) is 1. The molecule has 2 atom stereocenters. The van der Waals surface area contributed by atoms with Crippen LogP contribution in [0.15, 0.2) is 12.2 Å². The Morgan fingerprint density at radius 1 is 0.793 bits per heavy atom. The van der Waals surface area contributed by atoms with Crippen molar-refractivity contribution in [1.29, 1.82) is 0 Å². The molecular formula is C25H44O4. The molecule has 0 amide bonds. The van der Waals surface area contributed by atoms with E-state index in [2.05, 4.69) is 13.0 Å². The summed E-state index contributed by atoms with van der Waals surface area (Å²) in [6, 6.07) is 0. The molecule has 168 valence electrons. The Balaban J connectivity index is 1.92. The summed E-state index contributed by atoms with van der Waals surface area (Å²) in [7, 11) is 0. The van der Waals surface area contributed by atoms with Gasteiger partial charge in [-0.25, -0.2) is 0 Å². The van der Waals surface area contributed by atoms with Gasteiger partial charge >= 0.3 is 11.9 Å². The van der Waals surface area contributed by atoms with Crippen LogP contribution in [0.4, 0.5) is 0 Å². The van der Waals surface area contributed by atoms with Crippen molar-refractivity contribution in [3.8, 4) is 0 Å². The first-order valence-corrected chi connectivity index (χ1v) is 12.2. The molecule has 0 saturated heterocycles. The smallest absolute Gasteiger partial charge is 0.310 e. The van der Waals surface area contributed by atoms with Crippen LogP contribution >= 0.6 is 0 Å². The molecule has 0 spiro atoms. The Hall–Kier alpha value is -1.32. The Bertz CT molecular complexity index is 458. The van der Waals surface area contributed by atoms with E-state index in [1.165, 1.54) is 77.0 Å². The Kier molecular flexibility index (Phi) is 15.5. The van der Waals surface area contributed by atoms with Crippen LogP contribution in [-0.4, -0.2) is 23.7 Å². The van der Waals surface area contributed by atoms with Crippen molar-refractivity contribution in [3.05, 3.63) is 12.2 Å². The van der Waals surface area contributed by atoms with Gasteiger partial charge in [0.2, 0.25) is 0 Å². The summed E-state index contributed by atoms with van der Waals surface area (Å²) in [5.41, 5.74) is 0. The topological polar surface area (TPSA) is 63.6 Å². The standard InChI is InChI=1S/C25H44O4/c1-2-3-4-5-6-7-8-9-10-11-12-13-14-15-18-21-29-25(28)23-20-17-16-19-22(23)24(26)27/h15,18,22-23H,2-14,16-17,19-21H2,1H3,(H,26,27)/b18-15+. The van der Waals surface area contributed by atoms with E-state index in [-0.39, 0.29) is 12.6 Å². The summed E-state index contributed by atoms with van der Waals surface area (Å²) in [5, 5.41) is 9.25. The molecule has 4 heteroatoms. The number of esters is 1. The van der Waals surface area contributed by atoms with E-state index in [9.17, 15) is 14.7 Å². The number of unbranched alkanes of at least 4 members (excludes halogenated alkanes) is 12. The molecule has 29 heavy (non-hydrogen) atoms. The number of hydrogen-bond donors (Lipinski definition) is 1. The number of carbonyl (C=O) groups excluding carboxylic acids is 1. The van der Waals surface area contributed by atoms with Crippen molar-refractivity contribution < 1.29 is 19.4 Å². The second-order valence-corrected chi connectivity index (χ2v) is 8.61. The van der Waals surface area contributed by atoms with E-state index in [4.69, 9.17) is 4.74 Å². The molecule has 0 aromatic carbocycles. The normalized spacial score (nSPS) is 19.5. The monoisotopic (exact) mass is 408 g/mol. The van der Waals surface area contributed by atoms with Crippen molar-refractivity contribution in [2.75, 3.05) is 6.61 Å². The molecule has 4 nitrogen and oxygen atoms in total. The first-order valence-electron chi connectivity index (χ1n) is 12.2. The van der Waals surface area contributed by atoms with E-state index in [0.717, 1.165) is 19.3 Å². The maximum Gasteiger partial charge on any atom is 0.310 e. The molecule has 2 unspecified atom stereocenters. The van der Waals surface area contributed by atoms with Gasteiger partial charge in [-0.15, -0.1) is 0 Å². The Morgan fingerprint density at radius 2 is 1.31 bits per heavy atom. The van der Waals surface area contributed by atoms with Crippen LogP contribution in [0, 0.1) is 11.8 Å². The molecule has 1 aliphatic carbocycles. The minimum absolute atomic E-state index is 0.264. The molecular weight excluding hydrogens is 364 g/mol. The summed E-state index contributed by atoms with van der Waals surface area (Å²) >= 11 is 0. The predicted molar refractivity (Wildman–Crippen MR) is 119 cm³/mol. The second-order valence-electron chi connectivity index (χ2n) is 8.61. The fraction of sp³-hybridized carbons (Fsp3) is 0.840. The Morgan fingerprint density at radius 3 is 1.86 bits per heavy atom. The third-order valence-corrected chi connectivity index (χ3v) is 6.10. The molecule has 1 rings (SSSR count). The summed E-state index contributed by atoms with van der Waals surface area (Å²) in [6.45, 7) is 2.53. The molecule has 0 aliphatic heterocycles. The van der Waals surface area contributed by atoms with Gasteiger partial charge in [0.05, 0.1) is 11.8 Å². The lowest BCUT2D eigenvalue weighted by molar-refractivity contribution is -0.158. The molecule has 0 aromatic rings. The zero-order valence-electron chi connectivity index (χ0n) is 18.7. The lowest BCUT2D eigenvalue weighted by atomic mass is 9.79. The van der Waals surface area contributed by atoms with Gasteiger partial charge in [-0.05, 0) is 25.7 Å². The van der Waals surface area contributed by atoms with Crippen molar-refractivity contribution in [1.82, 2.24) is 0 Å². The number of hydrogen-bond acceptors (Lipinski definition) is 3. The van der Waals surface area contributed by atoms with Gasteiger partial charge < -0.3 is 9.84 Å². The lowest BCUT2D eigenvalue weighted by Gasteiger charge is -2.26. The fourth-order valence-electron chi connectivity index (χ4n) is 4.23. The predicted octanol–water partition coefficient (Wildman–Crippen LogP) is 7.07. The summed E-state index contributed by atoms with van der Waals surface area (Å²) in [5.74, 6) is -2.24. The second kappa shape index (κ2) is 17.5. The van der Waals surface area contributed by atoms with Gasteiger partial charge in [0.1, 0.15) is 6.61 Å². The molecule has 1 saturated carbocycles. The molecule has 0 heterocycles. The highest BCUT2D eigenvalue weighted by Crippen LogP contribution is 2.31. The minimum atomic E-state index is -0.867. The van der Waals surface area contributed by atoms with Crippen molar-refractivity contribution in [2.24, 2.45) is 11.8 Å². The van der Waals surface area contributed by atoms with Gasteiger partial charge in [0.25, 0.3) is 0 Å². The highest BCUT2D eigenvalue weighted by atomic mass is 16.5. The van der Waals surface area contributed by atoms with E-state index in [0.29, 0.717) is 12.8 Å². The highest BCUT2D eigenvalue weighted by Gasteiger charge is 2.36. The van der Waals surface area contributed by atoms with E-state index in [1.807, 2.05) is 6.08 Å². The molecule has 0 bridgehead atoms. The van der Waals surface area contributed by atoms with Crippen LogP contribution in [0.1, 0.15) is 116 Å². The number of allylic oxidation sites excluding steroid dienone is 1. The summed E-state index contributed by atoms with van der Waals surface area (Å²) in [6.07, 6.45) is 24.3. The Labute approximate surface area is 178 Å². The highest BCUT2D eigenvalue weighted by molar-refractivity contribution is 5.81. The lowest BCUT2D eigenvalue weighted by Crippen LogP contribution is -2.33. The van der Waals surface area contributed by atoms with Crippen molar-refractivity contribution in [2.45, 2.75) is 116 Å². The number of ether oxygens (including phenoxy) is 1. The van der Waals surface area contributed by atoms with Gasteiger partial charge in [-0.2, -0.15) is 0 Å². The van der Waals surface area contributed by atoms with Gasteiger partial charge in [0, 0.05) is 0 Å². The maximum atomic E-state index is 12.1. The molecule has 0 aromatic heterocycles. The quantitative estimate of drug-likeness (QED) is 0.159. The van der Waals surface area contributed by atoms with Crippen LogP contribution in [0.25, 0.3) is 0 Å². The summed E-state index contributed by atoms with van der Waals surface area (Å²) in [4.78, 5) is 23.4. The van der Waals surface area contributed by atoms with Crippen LogP contribution in [0.3, 0.4) is 0 Å². The third-order valence-electron chi connectivity index (χ3n) is 6.10. The number of aliphatic carboxylic acids is 1. The van der Waals surface area contributed by atoms with Crippen LogP contribution < -0.4 is 0 Å². The molecule has 0 radical (unpaired) electrons. The molecule has 1 fully saturated rings. The van der Waals surface area contributed by atoms with E-state index < -0.39 is 17.8 Å². The number of carboxylic acids is 1.